The zero-order chi connectivity index (χ0) is 36.0. The third kappa shape index (κ3) is 8.00. The molecule has 0 saturated heterocycles. The number of esters is 2. The maximum Gasteiger partial charge on any atom is 0.350 e. The van der Waals surface area contributed by atoms with Crippen LogP contribution in [0, 0.1) is 25.7 Å². The third-order valence-corrected chi connectivity index (χ3v) is 7.86. The second-order valence-corrected chi connectivity index (χ2v) is 11.2. The predicted molar refractivity (Wildman–Crippen MR) is 165 cm³/mol. The van der Waals surface area contributed by atoms with Gasteiger partial charge in [0.15, 0.2) is 11.6 Å². The Morgan fingerprint density at radius 3 is 1.21 bits per heavy atom. The van der Waals surface area contributed by atoms with Crippen molar-refractivity contribution in [3.8, 4) is 11.5 Å². The Morgan fingerprint density at radius 1 is 0.646 bits per heavy atom. The van der Waals surface area contributed by atoms with Crippen LogP contribution in [-0.2, 0) is 28.7 Å². The molecular weight excluding hydrogens is 632 g/mol. The Bertz CT molecular complexity index is 1740. The number of rotatable bonds is 14. The Kier molecular flexibility index (Phi) is 11.7. The van der Waals surface area contributed by atoms with Crippen molar-refractivity contribution < 1.29 is 57.3 Å². The van der Waals surface area contributed by atoms with Gasteiger partial charge in [-0.2, -0.15) is 0 Å². The maximum atomic E-state index is 13.3. The predicted octanol–water partition coefficient (Wildman–Crippen LogP) is 3.09. The average Bonchev–Trinajstić information content (AvgIpc) is 2.98. The number of methoxy groups -OCH3 is 2. The lowest BCUT2D eigenvalue weighted by atomic mass is 9.76. The molecule has 4 unspecified atom stereocenters. The van der Waals surface area contributed by atoms with Crippen molar-refractivity contribution in [2.45, 2.75) is 52.4 Å². The topological polar surface area (TPSA) is 222 Å². The lowest BCUT2D eigenvalue weighted by molar-refractivity contribution is -0.151. The Labute approximate surface area is 273 Å². The molecule has 2 aromatic heterocycles. The molecule has 0 aliphatic carbocycles. The molecule has 48 heavy (non-hydrogen) atoms. The molecule has 2 N–H and O–H groups in total. The molecule has 0 aliphatic heterocycles. The Balaban J connectivity index is 2.15. The summed E-state index contributed by atoms with van der Waals surface area (Å²) in [4.78, 5) is 103. The summed E-state index contributed by atoms with van der Waals surface area (Å²) in [6, 6.07) is 7.66. The summed E-state index contributed by atoms with van der Waals surface area (Å²) in [5.74, 6) is -12.0. The summed E-state index contributed by atoms with van der Waals surface area (Å²) in [7, 11) is 2.09. The van der Waals surface area contributed by atoms with Gasteiger partial charge in [-0.3, -0.25) is 28.8 Å². The number of ether oxygens (including phenoxy) is 2. The maximum absolute atomic E-state index is 13.3. The van der Waals surface area contributed by atoms with Gasteiger partial charge in [0.05, 0.1) is 14.2 Å². The smallest absolute Gasteiger partial charge is 0.350 e. The highest BCUT2D eigenvalue weighted by molar-refractivity contribution is 6.03. The molecule has 0 bridgehead atoms. The number of benzene rings is 1. The van der Waals surface area contributed by atoms with Gasteiger partial charge in [-0.15, -0.1) is 0 Å². The van der Waals surface area contributed by atoms with Crippen LogP contribution in [0.1, 0.15) is 81.9 Å². The lowest BCUT2D eigenvalue weighted by Crippen LogP contribution is -2.32. The van der Waals surface area contributed by atoms with E-state index in [-0.39, 0.29) is 22.6 Å². The van der Waals surface area contributed by atoms with Crippen LogP contribution >= 0.6 is 0 Å². The number of aromatic hydroxyl groups is 2. The van der Waals surface area contributed by atoms with Crippen LogP contribution in [-0.4, -0.2) is 59.5 Å². The highest BCUT2D eigenvalue weighted by Gasteiger charge is 2.39. The fourth-order valence-electron chi connectivity index (χ4n) is 5.64. The number of hydrogen-bond acceptors (Lipinski definition) is 14. The van der Waals surface area contributed by atoms with E-state index in [2.05, 4.69) is 0 Å². The Morgan fingerprint density at radius 2 is 0.958 bits per heavy atom. The first kappa shape index (κ1) is 36.8. The van der Waals surface area contributed by atoms with Crippen LogP contribution in [0.15, 0.2) is 54.8 Å². The molecule has 0 saturated carbocycles. The molecule has 0 spiro atoms. The Hall–Kier alpha value is -5.66. The average molecular weight is 667 g/mol. The second-order valence-electron chi connectivity index (χ2n) is 11.2. The molecule has 2 heterocycles. The van der Waals surface area contributed by atoms with E-state index in [1.165, 1.54) is 38.1 Å². The van der Waals surface area contributed by atoms with E-state index in [1.807, 2.05) is 0 Å². The van der Waals surface area contributed by atoms with Crippen LogP contribution in [0.5, 0.6) is 11.5 Å². The van der Waals surface area contributed by atoms with Gasteiger partial charge in [0.25, 0.3) is 0 Å². The van der Waals surface area contributed by atoms with E-state index in [0.717, 1.165) is 40.2 Å². The van der Waals surface area contributed by atoms with Crippen LogP contribution in [0.4, 0.5) is 0 Å². The van der Waals surface area contributed by atoms with Crippen LogP contribution in [0.2, 0.25) is 0 Å². The van der Waals surface area contributed by atoms with Crippen molar-refractivity contribution in [3.05, 3.63) is 91.0 Å². The zero-order valence-electron chi connectivity index (χ0n) is 27.0. The molecule has 0 fully saturated rings. The molecular formula is C34H34O14. The van der Waals surface area contributed by atoms with Crippen molar-refractivity contribution in [3.63, 3.8) is 0 Å². The molecule has 4 atom stereocenters. The largest absolute Gasteiger partial charge is 0.507 e. The van der Waals surface area contributed by atoms with Crippen molar-refractivity contribution in [1.29, 1.82) is 0 Å². The number of Topliss-reactive ketones (excluding diaryl/α,β-unsaturated/α-hetero) is 4. The van der Waals surface area contributed by atoms with E-state index in [9.17, 15) is 48.6 Å². The zero-order valence-corrected chi connectivity index (χ0v) is 27.0. The van der Waals surface area contributed by atoms with Crippen LogP contribution in [0.3, 0.4) is 0 Å². The van der Waals surface area contributed by atoms with Crippen molar-refractivity contribution in [2.75, 3.05) is 14.2 Å². The van der Waals surface area contributed by atoms with Crippen LogP contribution < -0.4 is 11.3 Å². The minimum absolute atomic E-state index is 0.0414. The molecule has 1 aromatic carbocycles. The summed E-state index contributed by atoms with van der Waals surface area (Å²) in [6.07, 6.45) is -1.27. The van der Waals surface area contributed by atoms with E-state index in [1.54, 1.807) is 0 Å². The van der Waals surface area contributed by atoms with E-state index < -0.39 is 105 Å². The first-order valence-corrected chi connectivity index (χ1v) is 14.5. The second kappa shape index (κ2) is 15.3. The van der Waals surface area contributed by atoms with Crippen molar-refractivity contribution in [2.24, 2.45) is 11.8 Å². The fourth-order valence-corrected chi connectivity index (χ4v) is 5.64. The standard InChI is InChI=1S/C34H34O14/c1-15-11-23(37)29(33(43)47-15)25(39)13-21(27(17(3)35)31(41)45-5)19-7-9-20(10-8-19)22(28(18(4)36)32(42)46-6)14-26(40)30-24(38)12-16(2)48-34(30)44/h7-12,21-22,27-28,37-38H,13-14H2,1-6H3. The SMILES string of the molecule is COC(=O)C(C(C)=O)C(CC(=O)c1c(O)cc(C)oc1=O)c1ccc(C(CC(=O)c2c(O)cc(C)oc2=O)C(C(C)=O)C(=O)OC)cc1. The molecule has 3 aromatic rings. The van der Waals surface area contributed by atoms with Gasteiger partial charge in [0.2, 0.25) is 0 Å². The summed E-state index contributed by atoms with van der Waals surface area (Å²) in [5.41, 5.74) is -3.20. The summed E-state index contributed by atoms with van der Waals surface area (Å²) < 4.78 is 19.5. The molecule has 3 rings (SSSR count). The summed E-state index contributed by atoms with van der Waals surface area (Å²) >= 11 is 0. The molecule has 0 aliphatic rings. The molecule has 254 valence electrons. The molecule has 0 amide bonds. The quantitative estimate of drug-likeness (QED) is 0.143. The van der Waals surface area contributed by atoms with E-state index in [4.69, 9.17) is 18.3 Å². The van der Waals surface area contributed by atoms with Gasteiger partial charge in [-0.25, -0.2) is 9.59 Å². The molecule has 0 radical (unpaired) electrons. The van der Waals surface area contributed by atoms with Gasteiger partial charge in [-0.05, 0) is 38.8 Å². The number of aryl methyl sites for hydroxylation is 2. The minimum atomic E-state index is -1.54. The van der Waals surface area contributed by atoms with Gasteiger partial charge < -0.3 is 28.5 Å². The summed E-state index contributed by atoms with van der Waals surface area (Å²) in [5, 5.41) is 20.6. The lowest BCUT2D eigenvalue weighted by Gasteiger charge is -2.26. The number of carbonyl (C=O) groups excluding carboxylic acids is 6. The summed E-state index contributed by atoms with van der Waals surface area (Å²) in [6.45, 7) is 4.99. The highest BCUT2D eigenvalue weighted by Crippen LogP contribution is 2.36. The monoisotopic (exact) mass is 666 g/mol. The molecule has 14 heteroatoms. The first-order chi connectivity index (χ1) is 22.5. The van der Waals surface area contributed by atoms with Gasteiger partial charge in [0.1, 0.15) is 57.5 Å². The van der Waals surface area contributed by atoms with Gasteiger partial charge in [-0.1, -0.05) is 24.3 Å². The number of carbonyl (C=O) groups is 6. The normalized spacial score (nSPS) is 13.5. The van der Waals surface area contributed by atoms with Gasteiger partial charge in [0, 0.05) is 36.8 Å². The van der Waals surface area contributed by atoms with Crippen LogP contribution in [0.25, 0.3) is 0 Å². The third-order valence-electron chi connectivity index (χ3n) is 7.86. The number of hydrogen-bond donors (Lipinski definition) is 2. The van der Waals surface area contributed by atoms with E-state index in [0.29, 0.717) is 0 Å². The first-order valence-electron chi connectivity index (χ1n) is 14.5. The molecule has 14 nitrogen and oxygen atoms in total. The fraction of sp³-hybridized carbons (Fsp3) is 0.353. The van der Waals surface area contributed by atoms with Crippen molar-refractivity contribution >= 4 is 35.1 Å². The highest BCUT2D eigenvalue weighted by atomic mass is 16.5. The number of ketones is 4. The van der Waals surface area contributed by atoms with Crippen molar-refractivity contribution in [1.82, 2.24) is 0 Å². The van der Waals surface area contributed by atoms with Gasteiger partial charge >= 0.3 is 23.2 Å². The van der Waals surface area contributed by atoms with E-state index >= 15 is 0 Å². The minimum Gasteiger partial charge on any atom is -0.507 e.